The Kier molecular flexibility index (Phi) is 3.76. The summed E-state index contributed by atoms with van der Waals surface area (Å²) in [7, 11) is 0. The van der Waals surface area contributed by atoms with Crippen LogP contribution in [0.15, 0.2) is 0 Å². The molecule has 1 amide bonds. The highest BCUT2D eigenvalue weighted by Crippen LogP contribution is 2.33. The van der Waals surface area contributed by atoms with Gasteiger partial charge >= 0.3 is 6.18 Å². The van der Waals surface area contributed by atoms with Crippen LogP contribution in [0.25, 0.3) is 0 Å². The zero-order valence-electron chi connectivity index (χ0n) is 9.08. The Morgan fingerprint density at radius 2 is 2.17 bits per heavy atom. The van der Waals surface area contributed by atoms with Crippen molar-refractivity contribution in [2.45, 2.75) is 19.0 Å². The maximum absolute atomic E-state index is 12.6. The number of nitrogens with zero attached hydrogens (tertiary/aromatic N) is 3. The number of carbonyl (C=O) groups excluding carboxylic acids is 1. The van der Waals surface area contributed by atoms with E-state index in [1.54, 1.807) is 0 Å². The summed E-state index contributed by atoms with van der Waals surface area (Å²) in [6.45, 7) is -0.0118. The fraction of sp³-hybridized carbons (Fsp3) is 0.667. The third-order valence-electron chi connectivity index (χ3n) is 2.75. The lowest BCUT2D eigenvalue weighted by molar-refractivity contribution is -0.184. The van der Waals surface area contributed by atoms with E-state index in [-0.39, 0.29) is 22.4 Å². The van der Waals surface area contributed by atoms with Gasteiger partial charge in [0.1, 0.15) is 0 Å². The zero-order chi connectivity index (χ0) is 13.3. The number of hydrogen-bond donors (Lipinski definition) is 0. The highest BCUT2D eigenvalue weighted by atomic mass is 35.5. The number of piperidine rings is 1. The van der Waals surface area contributed by atoms with E-state index in [9.17, 15) is 18.0 Å². The summed E-state index contributed by atoms with van der Waals surface area (Å²) >= 11 is 6.41. The SMILES string of the molecule is O=C(c1nnc(Cl)s1)N1CCCC(C(F)(F)F)C1. The summed E-state index contributed by atoms with van der Waals surface area (Å²) in [6.07, 6.45) is -3.87. The van der Waals surface area contributed by atoms with Crippen molar-refractivity contribution in [2.75, 3.05) is 13.1 Å². The quantitative estimate of drug-likeness (QED) is 0.801. The summed E-state index contributed by atoms with van der Waals surface area (Å²) in [6, 6.07) is 0. The van der Waals surface area contributed by atoms with Crippen molar-refractivity contribution in [3.63, 3.8) is 0 Å². The van der Waals surface area contributed by atoms with Crippen LogP contribution in [0.1, 0.15) is 22.6 Å². The molecule has 1 atom stereocenters. The lowest BCUT2D eigenvalue weighted by Crippen LogP contribution is -2.44. The van der Waals surface area contributed by atoms with E-state index in [1.807, 2.05) is 0 Å². The third kappa shape index (κ3) is 2.92. The summed E-state index contributed by atoms with van der Waals surface area (Å²) in [5.41, 5.74) is 0. The fourth-order valence-corrected chi connectivity index (χ4v) is 2.65. The summed E-state index contributed by atoms with van der Waals surface area (Å²) < 4.78 is 37.9. The van der Waals surface area contributed by atoms with E-state index in [1.165, 1.54) is 4.90 Å². The van der Waals surface area contributed by atoms with Crippen LogP contribution in [0.2, 0.25) is 4.47 Å². The molecule has 1 fully saturated rings. The number of carbonyl (C=O) groups is 1. The van der Waals surface area contributed by atoms with Gasteiger partial charge in [-0.05, 0) is 24.4 Å². The number of likely N-dealkylation sites (tertiary alicyclic amines) is 1. The van der Waals surface area contributed by atoms with Crippen LogP contribution in [0, 0.1) is 5.92 Å². The average molecular weight is 300 g/mol. The molecule has 2 heterocycles. The maximum atomic E-state index is 12.6. The van der Waals surface area contributed by atoms with Crippen LogP contribution in [-0.4, -0.2) is 40.3 Å². The molecule has 1 aliphatic rings. The smallest absolute Gasteiger partial charge is 0.336 e. The van der Waals surface area contributed by atoms with E-state index in [0.29, 0.717) is 13.0 Å². The van der Waals surface area contributed by atoms with Gasteiger partial charge in [0.15, 0.2) is 0 Å². The van der Waals surface area contributed by atoms with Gasteiger partial charge in [0.05, 0.1) is 5.92 Å². The minimum absolute atomic E-state index is 0.0304. The van der Waals surface area contributed by atoms with Crippen molar-refractivity contribution in [3.05, 3.63) is 9.47 Å². The highest BCUT2D eigenvalue weighted by molar-refractivity contribution is 7.17. The van der Waals surface area contributed by atoms with Crippen molar-refractivity contribution in [1.82, 2.24) is 15.1 Å². The topological polar surface area (TPSA) is 46.1 Å². The molecular formula is C9H9ClF3N3OS. The number of rotatable bonds is 1. The standard InChI is InChI=1S/C9H9ClF3N3OS/c10-8-15-14-6(18-8)7(17)16-3-1-2-5(4-16)9(11,12)13/h5H,1-4H2. The van der Waals surface area contributed by atoms with E-state index >= 15 is 0 Å². The molecule has 0 aliphatic carbocycles. The molecule has 0 saturated carbocycles. The Bertz CT molecular complexity index is 451. The Labute approximate surface area is 110 Å². The normalized spacial score (nSPS) is 21.1. The molecule has 1 unspecified atom stereocenters. The van der Waals surface area contributed by atoms with Gasteiger partial charge in [-0.15, -0.1) is 10.2 Å². The molecule has 1 aliphatic heterocycles. The van der Waals surface area contributed by atoms with E-state index in [0.717, 1.165) is 11.3 Å². The van der Waals surface area contributed by atoms with Gasteiger partial charge in [0, 0.05) is 13.1 Å². The molecule has 1 saturated heterocycles. The minimum atomic E-state index is -4.27. The number of halogens is 4. The molecule has 100 valence electrons. The first-order chi connectivity index (χ1) is 8.38. The van der Waals surface area contributed by atoms with Crippen molar-refractivity contribution in [3.8, 4) is 0 Å². The second-order valence-corrected chi connectivity index (χ2v) is 5.55. The molecule has 2 rings (SSSR count). The Morgan fingerprint density at radius 1 is 1.44 bits per heavy atom. The average Bonchev–Trinajstić information content (AvgIpc) is 2.74. The highest BCUT2D eigenvalue weighted by Gasteiger charge is 2.43. The Balaban J connectivity index is 2.07. The second-order valence-electron chi connectivity index (χ2n) is 3.99. The Hall–Kier alpha value is -0.890. The van der Waals surface area contributed by atoms with Gasteiger partial charge in [0.2, 0.25) is 9.47 Å². The van der Waals surface area contributed by atoms with Gasteiger partial charge in [-0.1, -0.05) is 11.3 Å². The lowest BCUT2D eigenvalue weighted by Gasteiger charge is -2.33. The molecule has 0 N–H and O–H groups in total. The van der Waals surface area contributed by atoms with Crippen LogP contribution in [0.3, 0.4) is 0 Å². The van der Waals surface area contributed by atoms with Crippen molar-refractivity contribution >= 4 is 28.8 Å². The third-order valence-corrected chi connectivity index (χ3v) is 3.76. The number of aromatic nitrogens is 2. The molecule has 9 heteroatoms. The lowest BCUT2D eigenvalue weighted by atomic mass is 9.97. The number of hydrogen-bond acceptors (Lipinski definition) is 4. The fourth-order valence-electron chi connectivity index (χ4n) is 1.86. The van der Waals surface area contributed by atoms with Crippen LogP contribution >= 0.6 is 22.9 Å². The first-order valence-electron chi connectivity index (χ1n) is 5.23. The van der Waals surface area contributed by atoms with Crippen molar-refractivity contribution < 1.29 is 18.0 Å². The molecule has 18 heavy (non-hydrogen) atoms. The zero-order valence-corrected chi connectivity index (χ0v) is 10.6. The van der Waals surface area contributed by atoms with Crippen molar-refractivity contribution in [1.29, 1.82) is 0 Å². The molecule has 4 nitrogen and oxygen atoms in total. The summed E-state index contributed by atoms with van der Waals surface area (Å²) in [5, 5.41) is 7.04. The molecule has 0 aromatic carbocycles. The number of amides is 1. The van der Waals surface area contributed by atoms with Crippen LogP contribution in [0.4, 0.5) is 13.2 Å². The molecular weight excluding hydrogens is 291 g/mol. The first-order valence-corrected chi connectivity index (χ1v) is 6.42. The second kappa shape index (κ2) is 5.00. The Morgan fingerprint density at radius 3 is 2.72 bits per heavy atom. The van der Waals surface area contributed by atoms with Gasteiger partial charge in [-0.25, -0.2) is 0 Å². The van der Waals surface area contributed by atoms with Gasteiger partial charge in [0.25, 0.3) is 5.91 Å². The van der Waals surface area contributed by atoms with Crippen LogP contribution in [0.5, 0.6) is 0 Å². The van der Waals surface area contributed by atoms with E-state index in [4.69, 9.17) is 11.6 Å². The van der Waals surface area contributed by atoms with Crippen LogP contribution < -0.4 is 0 Å². The van der Waals surface area contributed by atoms with Gasteiger partial charge in [-0.2, -0.15) is 13.2 Å². The predicted molar refractivity (Wildman–Crippen MR) is 59.6 cm³/mol. The van der Waals surface area contributed by atoms with Gasteiger partial charge < -0.3 is 4.90 Å². The summed E-state index contributed by atoms with van der Waals surface area (Å²) in [4.78, 5) is 13.1. The largest absolute Gasteiger partial charge is 0.393 e. The summed E-state index contributed by atoms with van der Waals surface area (Å²) in [5.74, 6) is -1.99. The van der Waals surface area contributed by atoms with Crippen LogP contribution in [-0.2, 0) is 0 Å². The first kappa shape index (κ1) is 13.5. The molecule has 0 bridgehead atoms. The monoisotopic (exact) mass is 299 g/mol. The molecule has 1 aromatic heterocycles. The van der Waals surface area contributed by atoms with E-state index < -0.39 is 18.0 Å². The van der Waals surface area contributed by atoms with Crippen molar-refractivity contribution in [2.24, 2.45) is 5.92 Å². The molecule has 0 spiro atoms. The predicted octanol–water partition coefficient (Wildman–Crippen LogP) is 2.61. The van der Waals surface area contributed by atoms with E-state index in [2.05, 4.69) is 10.2 Å². The molecule has 1 aromatic rings. The van der Waals surface area contributed by atoms with Gasteiger partial charge in [-0.3, -0.25) is 4.79 Å². The maximum Gasteiger partial charge on any atom is 0.393 e. The minimum Gasteiger partial charge on any atom is -0.336 e. The number of alkyl halides is 3. The molecule has 0 radical (unpaired) electrons.